The molecular weight excluding hydrogens is 314 g/mol. The summed E-state index contributed by atoms with van der Waals surface area (Å²) < 4.78 is 1.68. The van der Waals surface area contributed by atoms with Crippen LogP contribution in [0.5, 0.6) is 0 Å². The van der Waals surface area contributed by atoms with E-state index in [1.807, 2.05) is 0 Å². The first-order valence-electron chi connectivity index (χ1n) is 10.1. The van der Waals surface area contributed by atoms with Gasteiger partial charge in [-0.25, -0.2) is 4.68 Å². The molecule has 0 N–H and O–H groups in total. The monoisotopic (exact) mass is 343 g/mol. The summed E-state index contributed by atoms with van der Waals surface area (Å²) in [5.74, 6) is 1.11. The molecule has 0 bridgehead atoms. The summed E-state index contributed by atoms with van der Waals surface area (Å²) in [5, 5.41) is 4.65. The van der Waals surface area contributed by atoms with Gasteiger partial charge in [0.25, 0.3) is 5.56 Å². The van der Waals surface area contributed by atoms with Crippen LogP contribution in [0.25, 0.3) is 0 Å². The highest BCUT2D eigenvalue weighted by molar-refractivity contribution is 5.79. The molecule has 4 rings (SSSR count). The zero-order chi connectivity index (χ0) is 17.2. The number of hydrogen-bond acceptors (Lipinski definition) is 3. The molecule has 1 saturated heterocycles. The van der Waals surface area contributed by atoms with Gasteiger partial charge in [-0.3, -0.25) is 9.59 Å². The predicted molar refractivity (Wildman–Crippen MR) is 96.4 cm³/mol. The summed E-state index contributed by atoms with van der Waals surface area (Å²) in [7, 11) is 0. The molecule has 5 nitrogen and oxygen atoms in total. The van der Waals surface area contributed by atoms with Crippen molar-refractivity contribution in [3.63, 3.8) is 0 Å². The molecule has 0 unspecified atom stereocenters. The zero-order valence-corrected chi connectivity index (χ0v) is 15.1. The minimum Gasteiger partial charge on any atom is -0.342 e. The number of hydrogen-bond donors (Lipinski definition) is 0. The van der Waals surface area contributed by atoms with Gasteiger partial charge in [0.05, 0.1) is 5.69 Å². The largest absolute Gasteiger partial charge is 0.342 e. The zero-order valence-electron chi connectivity index (χ0n) is 15.1. The van der Waals surface area contributed by atoms with E-state index >= 15 is 0 Å². The number of carbonyl (C=O) groups excluding carboxylic acids is 1. The van der Waals surface area contributed by atoms with Gasteiger partial charge >= 0.3 is 0 Å². The van der Waals surface area contributed by atoms with E-state index in [1.165, 1.54) is 25.7 Å². The van der Waals surface area contributed by atoms with Crippen LogP contribution >= 0.6 is 0 Å². The van der Waals surface area contributed by atoms with Crippen molar-refractivity contribution in [3.05, 3.63) is 27.7 Å². The van der Waals surface area contributed by atoms with Crippen LogP contribution in [-0.4, -0.2) is 33.7 Å². The second-order valence-electron chi connectivity index (χ2n) is 8.09. The SMILES string of the molecule is O=C(C1CCCC1)N1CCC(Cn2nc3c(cc2=O)CCCC3)CC1. The van der Waals surface area contributed by atoms with Crippen LogP contribution in [0.1, 0.15) is 62.6 Å². The van der Waals surface area contributed by atoms with Crippen LogP contribution in [0.2, 0.25) is 0 Å². The van der Waals surface area contributed by atoms with Gasteiger partial charge < -0.3 is 4.90 Å². The van der Waals surface area contributed by atoms with E-state index < -0.39 is 0 Å². The van der Waals surface area contributed by atoms with Crippen molar-refractivity contribution >= 4 is 5.91 Å². The molecule has 2 heterocycles. The van der Waals surface area contributed by atoms with Crippen molar-refractivity contribution in [3.8, 4) is 0 Å². The quantitative estimate of drug-likeness (QED) is 0.847. The van der Waals surface area contributed by atoms with E-state index in [1.54, 1.807) is 10.7 Å². The number of nitrogens with zero attached hydrogens (tertiary/aromatic N) is 3. The van der Waals surface area contributed by atoms with Crippen molar-refractivity contribution in [1.82, 2.24) is 14.7 Å². The van der Waals surface area contributed by atoms with Gasteiger partial charge in [-0.2, -0.15) is 5.10 Å². The van der Waals surface area contributed by atoms with Gasteiger partial charge in [-0.15, -0.1) is 0 Å². The summed E-state index contributed by atoms with van der Waals surface area (Å²) in [6.07, 6.45) is 10.9. The van der Waals surface area contributed by atoms with Crippen LogP contribution < -0.4 is 5.56 Å². The Balaban J connectivity index is 1.35. The minimum atomic E-state index is 0.0464. The standard InChI is InChI=1S/C20H29N3O2/c24-19-13-17-7-3-4-8-18(17)21-23(19)14-15-9-11-22(12-10-15)20(25)16-5-1-2-6-16/h13,15-16H,1-12,14H2. The van der Waals surface area contributed by atoms with Crippen LogP contribution in [0, 0.1) is 11.8 Å². The lowest BCUT2D eigenvalue weighted by Gasteiger charge is -2.33. The number of rotatable bonds is 3. The minimum absolute atomic E-state index is 0.0464. The molecule has 0 atom stereocenters. The van der Waals surface area contributed by atoms with Crippen LogP contribution in [0.3, 0.4) is 0 Å². The number of likely N-dealkylation sites (tertiary alicyclic amines) is 1. The Morgan fingerprint density at radius 2 is 1.76 bits per heavy atom. The van der Waals surface area contributed by atoms with Crippen molar-refractivity contribution in [2.45, 2.75) is 70.8 Å². The molecule has 3 aliphatic rings. The van der Waals surface area contributed by atoms with Crippen molar-refractivity contribution in [2.24, 2.45) is 11.8 Å². The molecule has 5 heteroatoms. The fourth-order valence-corrected chi connectivity index (χ4v) is 4.74. The van der Waals surface area contributed by atoms with E-state index in [0.717, 1.165) is 62.9 Å². The molecule has 1 amide bonds. The maximum atomic E-state index is 12.5. The molecule has 1 aromatic rings. The van der Waals surface area contributed by atoms with Crippen LogP contribution in [0.15, 0.2) is 10.9 Å². The Hall–Kier alpha value is -1.65. The Kier molecular flexibility index (Phi) is 4.91. The summed E-state index contributed by atoms with van der Waals surface area (Å²) in [5.41, 5.74) is 2.33. The molecule has 2 aliphatic carbocycles. The highest BCUT2D eigenvalue weighted by Crippen LogP contribution is 2.28. The molecular formula is C20H29N3O2. The Bertz CT molecular complexity index is 683. The van der Waals surface area contributed by atoms with E-state index in [9.17, 15) is 9.59 Å². The first-order valence-corrected chi connectivity index (χ1v) is 10.1. The normalized spacial score (nSPS) is 22.2. The number of aromatic nitrogens is 2. The third-order valence-corrected chi connectivity index (χ3v) is 6.34. The maximum Gasteiger partial charge on any atom is 0.267 e. The molecule has 1 aliphatic heterocycles. The highest BCUT2D eigenvalue weighted by Gasteiger charge is 2.30. The van der Waals surface area contributed by atoms with E-state index in [-0.39, 0.29) is 11.5 Å². The smallest absolute Gasteiger partial charge is 0.267 e. The predicted octanol–water partition coefficient (Wildman–Crippen LogP) is 2.55. The summed E-state index contributed by atoms with van der Waals surface area (Å²) in [6, 6.07) is 1.81. The second-order valence-corrected chi connectivity index (χ2v) is 8.09. The number of piperidine rings is 1. The topological polar surface area (TPSA) is 55.2 Å². The third-order valence-electron chi connectivity index (χ3n) is 6.34. The van der Waals surface area contributed by atoms with Crippen molar-refractivity contribution in [2.75, 3.05) is 13.1 Å². The van der Waals surface area contributed by atoms with E-state index in [0.29, 0.717) is 18.4 Å². The van der Waals surface area contributed by atoms with Gasteiger partial charge in [-0.1, -0.05) is 12.8 Å². The van der Waals surface area contributed by atoms with Crippen LogP contribution in [0.4, 0.5) is 0 Å². The van der Waals surface area contributed by atoms with E-state index in [4.69, 9.17) is 0 Å². The van der Waals surface area contributed by atoms with Crippen molar-refractivity contribution < 1.29 is 4.79 Å². The first-order chi connectivity index (χ1) is 12.2. The lowest BCUT2D eigenvalue weighted by Crippen LogP contribution is -2.42. The third kappa shape index (κ3) is 3.65. The molecule has 25 heavy (non-hydrogen) atoms. The lowest BCUT2D eigenvalue weighted by molar-refractivity contribution is -0.136. The van der Waals surface area contributed by atoms with Crippen LogP contribution in [-0.2, 0) is 24.2 Å². The maximum absolute atomic E-state index is 12.5. The number of aryl methyl sites for hydroxylation is 2. The number of carbonyl (C=O) groups is 1. The molecule has 0 spiro atoms. The molecule has 0 radical (unpaired) electrons. The molecule has 2 fully saturated rings. The lowest BCUT2D eigenvalue weighted by atomic mass is 9.95. The van der Waals surface area contributed by atoms with Gasteiger partial charge in [-0.05, 0) is 62.8 Å². The molecule has 0 aromatic carbocycles. The second kappa shape index (κ2) is 7.30. The fraction of sp³-hybridized carbons (Fsp3) is 0.750. The summed E-state index contributed by atoms with van der Waals surface area (Å²) >= 11 is 0. The highest BCUT2D eigenvalue weighted by atomic mass is 16.2. The van der Waals surface area contributed by atoms with Gasteiger partial charge in [0.15, 0.2) is 0 Å². The van der Waals surface area contributed by atoms with Crippen molar-refractivity contribution in [1.29, 1.82) is 0 Å². The number of fused-ring (bicyclic) bond motifs is 1. The van der Waals surface area contributed by atoms with Gasteiger partial charge in [0.1, 0.15) is 0 Å². The molecule has 1 aromatic heterocycles. The van der Waals surface area contributed by atoms with Gasteiger partial charge in [0, 0.05) is 31.6 Å². The molecule has 1 saturated carbocycles. The van der Waals surface area contributed by atoms with Gasteiger partial charge in [0.2, 0.25) is 5.91 Å². The first kappa shape index (κ1) is 16.8. The average Bonchev–Trinajstić information content (AvgIpc) is 3.17. The summed E-state index contributed by atoms with van der Waals surface area (Å²) in [6.45, 7) is 2.40. The Morgan fingerprint density at radius 1 is 1.04 bits per heavy atom. The Morgan fingerprint density at radius 3 is 2.52 bits per heavy atom. The Labute approximate surface area is 149 Å². The fourth-order valence-electron chi connectivity index (χ4n) is 4.74. The van der Waals surface area contributed by atoms with E-state index in [2.05, 4.69) is 10.00 Å². The number of amides is 1. The molecule has 136 valence electrons. The average molecular weight is 343 g/mol. The summed E-state index contributed by atoms with van der Waals surface area (Å²) in [4.78, 5) is 27.0.